The largest absolute Gasteiger partial charge is 0.481 e. The molecule has 34 heavy (non-hydrogen) atoms. The number of thiazole rings is 1. The first kappa shape index (κ1) is 24.3. The van der Waals surface area contributed by atoms with Crippen molar-refractivity contribution >= 4 is 34.9 Å². The second-order valence-corrected chi connectivity index (χ2v) is 9.87. The lowest BCUT2D eigenvalue weighted by molar-refractivity contribution is -0.139. The van der Waals surface area contributed by atoms with Crippen molar-refractivity contribution in [3.63, 3.8) is 0 Å². The van der Waals surface area contributed by atoms with Crippen LogP contribution in [-0.2, 0) is 23.1 Å². The number of carbonyl (C=O) groups excluding carboxylic acids is 1. The lowest BCUT2D eigenvalue weighted by Gasteiger charge is -2.21. The predicted octanol–water partition coefficient (Wildman–Crippen LogP) is 6.41. The van der Waals surface area contributed by atoms with Crippen LogP contribution in [0.4, 0.5) is 13.2 Å². The highest BCUT2D eigenvalue weighted by Crippen LogP contribution is 2.40. The van der Waals surface area contributed by atoms with E-state index in [-0.39, 0.29) is 5.78 Å². The number of Topliss-reactive ketones (excluding diaryl/α,β-unsaturated/α-hetero) is 1. The number of hydrogen-bond acceptors (Lipinski definition) is 6. The molecule has 0 saturated heterocycles. The monoisotopic (exact) mass is 507 g/mol. The molecule has 1 aliphatic rings. The zero-order valence-electron chi connectivity index (χ0n) is 18.1. The Morgan fingerprint density at radius 3 is 2.59 bits per heavy atom. The minimum atomic E-state index is -4.38. The molecule has 0 unspecified atom stereocenters. The molecule has 10 heteroatoms. The van der Waals surface area contributed by atoms with Crippen molar-refractivity contribution in [1.82, 2.24) is 4.98 Å². The predicted molar refractivity (Wildman–Crippen MR) is 124 cm³/mol. The van der Waals surface area contributed by atoms with Gasteiger partial charge >= 0.3 is 12.1 Å². The van der Waals surface area contributed by atoms with Gasteiger partial charge in [0.1, 0.15) is 10.8 Å². The van der Waals surface area contributed by atoms with Crippen LogP contribution in [0.15, 0.2) is 41.3 Å². The summed E-state index contributed by atoms with van der Waals surface area (Å²) in [6.07, 6.45) is -2.56. The van der Waals surface area contributed by atoms with Crippen LogP contribution in [0, 0.1) is 6.92 Å². The van der Waals surface area contributed by atoms with Crippen molar-refractivity contribution in [3.8, 4) is 16.3 Å². The van der Waals surface area contributed by atoms with Crippen LogP contribution < -0.4 is 4.74 Å². The summed E-state index contributed by atoms with van der Waals surface area (Å²) in [4.78, 5) is 29.9. The van der Waals surface area contributed by atoms with Crippen LogP contribution in [0.25, 0.3) is 10.6 Å². The van der Waals surface area contributed by atoms with E-state index in [0.717, 1.165) is 39.6 Å². The summed E-state index contributed by atoms with van der Waals surface area (Å²) in [5.41, 5.74) is 2.06. The molecule has 0 spiro atoms. The van der Waals surface area contributed by atoms with Crippen molar-refractivity contribution in [2.24, 2.45) is 0 Å². The SMILES string of the molecule is Cc1nc(-c2ccc(C(F)(F)F)cc2)sc1CSc1ccc(OCC(=O)O)c2c1CCCC2=O. The van der Waals surface area contributed by atoms with Gasteiger partial charge in [-0.15, -0.1) is 23.1 Å². The first-order valence-corrected chi connectivity index (χ1v) is 12.2. The number of aliphatic carboxylic acids is 1. The number of carbonyl (C=O) groups is 2. The topological polar surface area (TPSA) is 76.5 Å². The molecule has 178 valence electrons. The Labute approximate surface area is 202 Å². The molecule has 0 saturated carbocycles. The normalized spacial score (nSPS) is 13.6. The number of benzene rings is 2. The van der Waals surface area contributed by atoms with Crippen LogP contribution in [0.5, 0.6) is 5.75 Å². The lowest BCUT2D eigenvalue weighted by atomic mass is 9.90. The molecule has 0 amide bonds. The number of nitrogens with zero attached hydrogens (tertiary/aromatic N) is 1. The first-order chi connectivity index (χ1) is 16.1. The van der Waals surface area contributed by atoms with Crippen molar-refractivity contribution < 1.29 is 32.6 Å². The minimum Gasteiger partial charge on any atom is -0.481 e. The van der Waals surface area contributed by atoms with Crippen molar-refractivity contribution in [2.45, 2.75) is 43.0 Å². The van der Waals surface area contributed by atoms with Gasteiger partial charge in [0.25, 0.3) is 0 Å². The highest BCUT2D eigenvalue weighted by Gasteiger charge is 2.30. The third-order valence-corrected chi connectivity index (χ3v) is 7.92. The zero-order chi connectivity index (χ0) is 24.5. The molecule has 3 aromatic rings. The van der Waals surface area contributed by atoms with Gasteiger partial charge in [0.15, 0.2) is 12.4 Å². The van der Waals surface area contributed by atoms with Gasteiger partial charge in [-0.1, -0.05) is 12.1 Å². The number of thioether (sulfide) groups is 1. The van der Waals surface area contributed by atoms with E-state index in [9.17, 15) is 22.8 Å². The molecule has 5 nitrogen and oxygen atoms in total. The summed E-state index contributed by atoms with van der Waals surface area (Å²) in [7, 11) is 0. The Morgan fingerprint density at radius 2 is 1.91 bits per heavy atom. The average molecular weight is 508 g/mol. The molecule has 0 atom stereocenters. The first-order valence-electron chi connectivity index (χ1n) is 10.4. The fourth-order valence-corrected chi connectivity index (χ4v) is 6.05. The highest BCUT2D eigenvalue weighted by molar-refractivity contribution is 7.98. The Kier molecular flexibility index (Phi) is 6.99. The number of aromatic nitrogens is 1. The van der Waals surface area contributed by atoms with E-state index in [1.54, 1.807) is 17.8 Å². The number of ketones is 1. The standard InChI is InChI=1S/C24H20F3NO4S2/c1-13-20(34-23(28-13)14-5-7-15(8-6-14)24(25,26)27)12-33-19-10-9-18(32-11-21(30)31)22-16(19)3-2-4-17(22)29/h5-10H,2-4,11-12H2,1H3,(H,30,31). The van der Waals surface area contributed by atoms with Gasteiger partial charge in [0, 0.05) is 27.5 Å². The summed E-state index contributed by atoms with van der Waals surface area (Å²) in [6, 6.07) is 8.44. The maximum absolute atomic E-state index is 12.8. The zero-order valence-corrected chi connectivity index (χ0v) is 19.7. The Hall–Kier alpha value is -2.85. The van der Waals surface area contributed by atoms with Crippen molar-refractivity contribution in [1.29, 1.82) is 0 Å². The third kappa shape index (κ3) is 5.28. The van der Waals surface area contributed by atoms with Gasteiger partial charge < -0.3 is 9.84 Å². The summed E-state index contributed by atoms with van der Waals surface area (Å²) in [6.45, 7) is 1.35. The number of fused-ring (bicyclic) bond motifs is 1. The molecular formula is C24H20F3NO4S2. The van der Waals surface area contributed by atoms with E-state index in [0.29, 0.717) is 40.5 Å². The van der Waals surface area contributed by atoms with E-state index in [4.69, 9.17) is 9.84 Å². The van der Waals surface area contributed by atoms with Gasteiger partial charge in [-0.25, -0.2) is 9.78 Å². The molecule has 1 N–H and O–H groups in total. The van der Waals surface area contributed by atoms with Crippen LogP contribution in [0.1, 0.15) is 44.9 Å². The number of carboxylic acid groups (broad SMARTS) is 1. The number of hydrogen-bond donors (Lipinski definition) is 1. The average Bonchev–Trinajstić information content (AvgIpc) is 3.16. The van der Waals surface area contributed by atoms with E-state index in [2.05, 4.69) is 4.98 Å². The summed E-state index contributed by atoms with van der Waals surface area (Å²) in [5, 5.41) is 9.55. The van der Waals surface area contributed by atoms with E-state index in [1.807, 2.05) is 13.0 Å². The third-order valence-electron chi connectivity index (χ3n) is 5.40. The fraction of sp³-hybridized carbons (Fsp3) is 0.292. The number of carboxylic acids is 1. The molecule has 0 bridgehead atoms. The molecule has 1 aromatic heterocycles. The number of aryl methyl sites for hydroxylation is 1. The van der Waals surface area contributed by atoms with Crippen LogP contribution in [0.2, 0.25) is 0 Å². The molecule has 0 aliphatic heterocycles. The Balaban J connectivity index is 1.54. The van der Waals surface area contributed by atoms with E-state index in [1.165, 1.54) is 23.5 Å². The molecule has 0 fully saturated rings. The molecule has 0 radical (unpaired) electrons. The second kappa shape index (κ2) is 9.79. The van der Waals surface area contributed by atoms with Gasteiger partial charge in [-0.2, -0.15) is 13.2 Å². The highest BCUT2D eigenvalue weighted by atomic mass is 32.2. The summed E-state index contributed by atoms with van der Waals surface area (Å²) < 4.78 is 43.8. The fourth-order valence-electron chi connectivity index (χ4n) is 3.74. The summed E-state index contributed by atoms with van der Waals surface area (Å²) in [5.74, 6) is -0.284. The van der Waals surface area contributed by atoms with Crippen LogP contribution >= 0.6 is 23.1 Å². The number of halogens is 3. The molecular weight excluding hydrogens is 487 g/mol. The van der Waals surface area contributed by atoms with Gasteiger partial charge in [0.05, 0.1) is 16.8 Å². The van der Waals surface area contributed by atoms with E-state index >= 15 is 0 Å². The quantitative estimate of drug-likeness (QED) is 0.372. The van der Waals surface area contributed by atoms with Crippen LogP contribution in [0.3, 0.4) is 0 Å². The number of alkyl halides is 3. The van der Waals surface area contributed by atoms with Gasteiger partial charge in [-0.3, -0.25) is 4.79 Å². The number of rotatable bonds is 7. The van der Waals surface area contributed by atoms with Crippen molar-refractivity contribution in [3.05, 3.63) is 63.7 Å². The van der Waals surface area contributed by atoms with Crippen LogP contribution in [-0.4, -0.2) is 28.4 Å². The maximum atomic E-state index is 12.8. The molecule has 1 heterocycles. The van der Waals surface area contributed by atoms with E-state index < -0.39 is 24.3 Å². The second-order valence-electron chi connectivity index (χ2n) is 7.77. The lowest BCUT2D eigenvalue weighted by Crippen LogP contribution is -2.17. The number of ether oxygens (including phenoxy) is 1. The van der Waals surface area contributed by atoms with Crippen molar-refractivity contribution in [2.75, 3.05) is 6.61 Å². The van der Waals surface area contributed by atoms with Gasteiger partial charge in [-0.05, 0) is 49.6 Å². The molecule has 1 aliphatic carbocycles. The van der Waals surface area contributed by atoms with Gasteiger partial charge in [0.2, 0.25) is 0 Å². The smallest absolute Gasteiger partial charge is 0.416 e. The molecule has 4 rings (SSSR count). The summed E-state index contributed by atoms with van der Waals surface area (Å²) >= 11 is 2.98. The minimum absolute atomic E-state index is 0.0531. The Morgan fingerprint density at radius 1 is 1.18 bits per heavy atom. The Bertz CT molecular complexity index is 1240. The molecule has 2 aromatic carbocycles. The maximum Gasteiger partial charge on any atom is 0.416 e.